The molecule has 0 amide bonds. The quantitative estimate of drug-likeness (QED) is 0.705. The van der Waals surface area contributed by atoms with Crippen LogP contribution in [0.2, 0.25) is 0 Å². The fourth-order valence-corrected chi connectivity index (χ4v) is 4.58. The Morgan fingerprint density at radius 2 is 2.10 bits per heavy atom. The minimum Gasteiger partial charge on any atom is -0.388 e. The van der Waals surface area contributed by atoms with Crippen LogP contribution in [0.25, 0.3) is 0 Å². The molecule has 30 heavy (non-hydrogen) atoms. The SMILES string of the molecule is Cc1cnc(Nc2cc(N3CC4CC3CN4)cc(N3CCC(F)C(O)C3)n2)cc1F. The Bertz CT molecular complexity index is 944. The number of piperidine rings is 1. The second kappa shape index (κ2) is 7.63. The molecule has 7 nitrogen and oxygen atoms in total. The maximum atomic E-state index is 14.0. The summed E-state index contributed by atoms with van der Waals surface area (Å²) < 4.78 is 27.7. The van der Waals surface area contributed by atoms with Gasteiger partial charge in [0.2, 0.25) is 0 Å². The highest BCUT2D eigenvalue weighted by atomic mass is 19.1. The van der Waals surface area contributed by atoms with Gasteiger partial charge in [-0.05, 0) is 19.8 Å². The molecule has 0 aromatic carbocycles. The maximum absolute atomic E-state index is 14.0. The van der Waals surface area contributed by atoms with Crippen LogP contribution in [0.3, 0.4) is 0 Å². The monoisotopic (exact) mass is 416 g/mol. The van der Waals surface area contributed by atoms with Crippen molar-refractivity contribution in [2.45, 2.75) is 44.1 Å². The van der Waals surface area contributed by atoms with Crippen molar-refractivity contribution in [2.24, 2.45) is 0 Å². The van der Waals surface area contributed by atoms with E-state index >= 15 is 0 Å². The molecule has 3 aliphatic heterocycles. The first-order valence-electron chi connectivity index (χ1n) is 10.4. The highest BCUT2D eigenvalue weighted by Crippen LogP contribution is 2.34. The number of alkyl halides is 1. The van der Waals surface area contributed by atoms with Crippen LogP contribution < -0.4 is 20.4 Å². The van der Waals surface area contributed by atoms with E-state index in [1.54, 1.807) is 6.92 Å². The molecule has 5 heterocycles. The molecule has 0 saturated carbocycles. The number of nitrogens with one attached hydrogen (secondary N) is 2. The average Bonchev–Trinajstić information content (AvgIpc) is 3.36. The van der Waals surface area contributed by atoms with Crippen molar-refractivity contribution in [1.29, 1.82) is 0 Å². The van der Waals surface area contributed by atoms with E-state index in [2.05, 4.69) is 25.5 Å². The first-order chi connectivity index (χ1) is 14.5. The third-order valence-electron chi connectivity index (χ3n) is 6.30. The lowest BCUT2D eigenvalue weighted by atomic mass is 10.1. The summed E-state index contributed by atoms with van der Waals surface area (Å²) >= 11 is 0. The average molecular weight is 416 g/mol. The van der Waals surface area contributed by atoms with Crippen molar-refractivity contribution < 1.29 is 13.9 Å². The number of β-amino-alcohol motifs (C(OH)–C–C–N with tert-alkyl or cyclic N) is 1. The smallest absolute Gasteiger partial charge is 0.136 e. The minimum absolute atomic E-state index is 0.197. The molecule has 0 spiro atoms. The normalized spacial score (nSPS) is 28.3. The van der Waals surface area contributed by atoms with Gasteiger partial charge in [0.25, 0.3) is 0 Å². The van der Waals surface area contributed by atoms with Gasteiger partial charge in [0.05, 0.1) is 0 Å². The van der Waals surface area contributed by atoms with Crippen LogP contribution in [0, 0.1) is 12.7 Å². The molecular formula is C21H26F2N6O. The number of piperazine rings is 1. The molecule has 4 atom stereocenters. The predicted octanol–water partition coefficient (Wildman–Crippen LogP) is 2.13. The summed E-state index contributed by atoms with van der Waals surface area (Å²) in [5.41, 5.74) is 1.49. The van der Waals surface area contributed by atoms with Crippen molar-refractivity contribution in [3.8, 4) is 0 Å². The van der Waals surface area contributed by atoms with E-state index in [1.165, 1.54) is 12.3 Å². The summed E-state index contributed by atoms with van der Waals surface area (Å²) in [7, 11) is 0. The maximum Gasteiger partial charge on any atom is 0.136 e. The molecule has 3 aliphatic rings. The van der Waals surface area contributed by atoms with Gasteiger partial charge >= 0.3 is 0 Å². The Morgan fingerprint density at radius 3 is 2.80 bits per heavy atom. The summed E-state index contributed by atoms with van der Waals surface area (Å²) in [6.07, 6.45) is 0.619. The number of aliphatic hydroxyl groups excluding tert-OH is 1. The summed E-state index contributed by atoms with van der Waals surface area (Å²) in [4.78, 5) is 13.2. The molecule has 4 unspecified atom stereocenters. The van der Waals surface area contributed by atoms with E-state index in [1.807, 2.05) is 17.0 Å². The third-order valence-corrected chi connectivity index (χ3v) is 6.30. The number of hydrogen-bond acceptors (Lipinski definition) is 7. The Hall–Kier alpha value is -2.52. The van der Waals surface area contributed by atoms with Gasteiger partial charge in [-0.2, -0.15) is 0 Å². The first kappa shape index (κ1) is 19.4. The standard InChI is InChI=1S/C21H26F2N6O/c1-12-8-25-19(7-17(12)23)26-20-5-14(29-10-13-4-15(29)9-24-13)6-21(27-20)28-3-2-16(22)18(30)11-28/h5-8,13,15-16,18,24,30H,2-4,9-11H2,1H3,(H,25,26,27). The van der Waals surface area contributed by atoms with Crippen molar-refractivity contribution in [1.82, 2.24) is 15.3 Å². The van der Waals surface area contributed by atoms with E-state index in [0.717, 1.165) is 25.2 Å². The molecule has 160 valence electrons. The van der Waals surface area contributed by atoms with Gasteiger partial charge in [0.1, 0.15) is 35.5 Å². The molecule has 9 heteroatoms. The number of aromatic nitrogens is 2. The van der Waals surface area contributed by atoms with E-state index in [9.17, 15) is 13.9 Å². The Kier molecular flexibility index (Phi) is 4.94. The largest absolute Gasteiger partial charge is 0.388 e. The molecule has 2 bridgehead atoms. The number of halogens is 2. The second-order valence-electron chi connectivity index (χ2n) is 8.48. The Labute approximate surface area is 174 Å². The van der Waals surface area contributed by atoms with Gasteiger partial charge in [-0.15, -0.1) is 0 Å². The summed E-state index contributed by atoms with van der Waals surface area (Å²) in [5.74, 6) is 1.26. The lowest BCUT2D eigenvalue weighted by Crippen LogP contribution is -2.46. The fourth-order valence-electron chi connectivity index (χ4n) is 4.58. The fraction of sp³-hybridized carbons (Fsp3) is 0.524. The lowest BCUT2D eigenvalue weighted by Gasteiger charge is -2.35. The third kappa shape index (κ3) is 3.67. The van der Waals surface area contributed by atoms with Crippen LogP contribution in [-0.2, 0) is 0 Å². The van der Waals surface area contributed by atoms with Gasteiger partial charge < -0.3 is 25.5 Å². The first-order valence-corrected chi connectivity index (χ1v) is 10.4. The van der Waals surface area contributed by atoms with Crippen molar-refractivity contribution in [3.05, 3.63) is 35.8 Å². The number of nitrogens with zero attached hydrogens (tertiary/aromatic N) is 4. The van der Waals surface area contributed by atoms with Crippen molar-refractivity contribution in [3.63, 3.8) is 0 Å². The predicted molar refractivity (Wildman–Crippen MR) is 112 cm³/mol. The molecule has 2 aromatic heterocycles. The van der Waals surface area contributed by atoms with Crippen molar-refractivity contribution in [2.75, 3.05) is 41.3 Å². The highest BCUT2D eigenvalue weighted by molar-refractivity contribution is 5.66. The van der Waals surface area contributed by atoms with Gasteiger partial charge in [-0.3, -0.25) is 0 Å². The lowest BCUT2D eigenvalue weighted by molar-refractivity contribution is 0.0643. The molecule has 2 aromatic rings. The van der Waals surface area contributed by atoms with Gasteiger partial charge in [-0.1, -0.05) is 0 Å². The van der Waals surface area contributed by atoms with Crippen LogP contribution >= 0.6 is 0 Å². The number of aliphatic hydroxyl groups is 1. The molecule has 3 fully saturated rings. The van der Waals surface area contributed by atoms with E-state index < -0.39 is 12.3 Å². The molecular weight excluding hydrogens is 390 g/mol. The Balaban J connectivity index is 1.47. The topological polar surface area (TPSA) is 76.6 Å². The number of fused-ring (bicyclic) bond motifs is 2. The second-order valence-corrected chi connectivity index (χ2v) is 8.48. The zero-order chi connectivity index (χ0) is 20.8. The summed E-state index contributed by atoms with van der Waals surface area (Å²) in [6, 6.07) is 6.21. The number of aryl methyl sites for hydroxylation is 1. The van der Waals surface area contributed by atoms with Gasteiger partial charge in [-0.25, -0.2) is 18.7 Å². The zero-order valence-corrected chi connectivity index (χ0v) is 16.9. The van der Waals surface area contributed by atoms with Crippen LogP contribution in [0.4, 0.5) is 31.9 Å². The van der Waals surface area contributed by atoms with Crippen LogP contribution in [-0.4, -0.2) is 65.6 Å². The molecule has 0 aliphatic carbocycles. The van der Waals surface area contributed by atoms with E-state index in [0.29, 0.717) is 41.6 Å². The molecule has 0 radical (unpaired) electrons. The number of rotatable bonds is 4. The number of pyridine rings is 2. The summed E-state index contributed by atoms with van der Waals surface area (Å²) in [5, 5.41) is 16.6. The highest BCUT2D eigenvalue weighted by Gasteiger charge is 2.38. The van der Waals surface area contributed by atoms with Gasteiger partial charge in [0.15, 0.2) is 0 Å². The Morgan fingerprint density at radius 1 is 1.23 bits per heavy atom. The van der Waals surface area contributed by atoms with Crippen LogP contribution in [0.5, 0.6) is 0 Å². The van der Waals surface area contributed by atoms with Crippen molar-refractivity contribution >= 4 is 23.1 Å². The number of anilines is 4. The van der Waals surface area contributed by atoms with E-state index in [4.69, 9.17) is 0 Å². The number of hydrogen-bond donors (Lipinski definition) is 3. The molecule has 3 N–H and O–H groups in total. The van der Waals surface area contributed by atoms with E-state index in [-0.39, 0.29) is 18.8 Å². The van der Waals surface area contributed by atoms with Crippen LogP contribution in [0.15, 0.2) is 24.4 Å². The van der Waals surface area contributed by atoms with Gasteiger partial charge in [0, 0.05) is 73.9 Å². The zero-order valence-electron chi connectivity index (χ0n) is 16.9. The molecule has 3 saturated heterocycles. The molecule has 5 rings (SSSR count). The minimum atomic E-state index is -1.21. The summed E-state index contributed by atoms with van der Waals surface area (Å²) in [6.45, 7) is 4.21. The van der Waals surface area contributed by atoms with Crippen LogP contribution in [0.1, 0.15) is 18.4 Å².